The van der Waals surface area contributed by atoms with E-state index in [1.54, 1.807) is 0 Å². The van der Waals surface area contributed by atoms with Crippen molar-refractivity contribution < 1.29 is 9.90 Å². The van der Waals surface area contributed by atoms with E-state index in [1.807, 2.05) is 42.2 Å². The van der Waals surface area contributed by atoms with E-state index >= 15 is 0 Å². The third-order valence-electron chi connectivity index (χ3n) is 4.66. The first-order chi connectivity index (χ1) is 12.2. The second kappa shape index (κ2) is 8.12. The van der Waals surface area contributed by atoms with Gasteiger partial charge in [-0.25, -0.2) is 4.79 Å². The molecule has 0 saturated carbocycles. The molecular formula is C20H25N3O2. The van der Waals surface area contributed by atoms with Crippen LogP contribution in [0.4, 0.5) is 4.79 Å². The van der Waals surface area contributed by atoms with Crippen molar-refractivity contribution in [2.75, 3.05) is 13.2 Å². The Bertz CT molecular complexity index is 732. The van der Waals surface area contributed by atoms with Crippen molar-refractivity contribution in [1.29, 1.82) is 0 Å². The van der Waals surface area contributed by atoms with Crippen molar-refractivity contribution in [1.82, 2.24) is 15.2 Å². The number of hydrogen-bond acceptors (Lipinski definition) is 3. The molecule has 0 saturated heterocycles. The first kappa shape index (κ1) is 17.4. The minimum Gasteiger partial charge on any atom is -0.396 e. The number of aromatic nitrogens is 1. The Kier molecular flexibility index (Phi) is 5.66. The summed E-state index contributed by atoms with van der Waals surface area (Å²) in [4.78, 5) is 19.1. The van der Waals surface area contributed by atoms with Crippen molar-refractivity contribution in [2.24, 2.45) is 0 Å². The summed E-state index contributed by atoms with van der Waals surface area (Å²) in [6.45, 7) is 2.97. The summed E-state index contributed by atoms with van der Waals surface area (Å²) in [6, 6.07) is 14.1. The van der Waals surface area contributed by atoms with Crippen LogP contribution >= 0.6 is 0 Å². The standard InChI is InChI=1S/C20H25N3O2/c1-15-6-4-8-17(22-15)14-21-20(25)23(12-5-13-24)19-11-10-16-7-2-3-9-18(16)19/h2-4,6-9,19,24H,5,10-14H2,1H3,(H,21,25)/t19-/m1/s1. The summed E-state index contributed by atoms with van der Waals surface area (Å²) >= 11 is 0. The van der Waals surface area contributed by atoms with Crippen LogP contribution < -0.4 is 5.32 Å². The molecule has 0 unspecified atom stereocenters. The van der Waals surface area contributed by atoms with Crippen LogP contribution in [0.15, 0.2) is 42.5 Å². The van der Waals surface area contributed by atoms with E-state index < -0.39 is 0 Å². The Labute approximate surface area is 148 Å². The Morgan fingerprint density at radius 1 is 1.28 bits per heavy atom. The zero-order chi connectivity index (χ0) is 17.6. The fourth-order valence-electron chi connectivity index (χ4n) is 3.46. The molecule has 1 aliphatic rings. The van der Waals surface area contributed by atoms with Crippen LogP contribution in [0.3, 0.4) is 0 Å². The van der Waals surface area contributed by atoms with Crippen molar-refractivity contribution in [3.8, 4) is 0 Å². The van der Waals surface area contributed by atoms with Crippen LogP contribution in [0.2, 0.25) is 0 Å². The zero-order valence-electron chi connectivity index (χ0n) is 14.6. The summed E-state index contributed by atoms with van der Waals surface area (Å²) in [5.41, 5.74) is 4.33. The molecule has 3 rings (SSSR count). The molecule has 0 radical (unpaired) electrons. The number of urea groups is 1. The molecule has 1 heterocycles. The van der Waals surface area contributed by atoms with Crippen LogP contribution in [0, 0.1) is 6.92 Å². The quantitative estimate of drug-likeness (QED) is 0.850. The maximum Gasteiger partial charge on any atom is 0.318 e. The number of pyridine rings is 1. The summed E-state index contributed by atoms with van der Waals surface area (Å²) < 4.78 is 0. The van der Waals surface area contributed by atoms with Gasteiger partial charge in [-0.15, -0.1) is 0 Å². The Morgan fingerprint density at radius 2 is 2.12 bits per heavy atom. The van der Waals surface area contributed by atoms with Crippen LogP contribution in [-0.4, -0.2) is 34.2 Å². The first-order valence-electron chi connectivity index (χ1n) is 8.84. The van der Waals surface area contributed by atoms with Gasteiger partial charge in [-0.1, -0.05) is 30.3 Å². The third kappa shape index (κ3) is 4.17. The van der Waals surface area contributed by atoms with Gasteiger partial charge in [-0.3, -0.25) is 4.98 Å². The van der Waals surface area contributed by atoms with Gasteiger partial charge in [0.1, 0.15) is 0 Å². The number of benzene rings is 1. The maximum atomic E-state index is 12.8. The molecule has 0 bridgehead atoms. The number of rotatable bonds is 6. The van der Waals surface area contributed by atoms with Crippen molar-refractivity contribution >= 4 is 6.03 Å². The lowest BCUT2D eigenvalue weighted by Crippen LogP contribution is -2.42. The predicted octanol–water partition coefficient (Wildman–Crippen LogP) is 2.97. The fraction of sp³-hybridized carbons (Fsp3) is 0.400. The molecule has 5 heteroatoms. The molecular weight excluding hydrogens is 314 g/mol. The summed E-state index contributed by atoms with van der Waals surface area (Å²) in [5, 5.41) is 12.2. The highest BCUT2D eigenvalue weighted by Crippen LogP contribution is 2.35. The van der Waals surface area contributed by atoms with Crippen LogP contribution in [0.5, 0.6) is 0 Å². The van der Waals surface area contributed by atoms with Crippen LogP contribution in [0.25, 0.3) is 0 Å². The summed E-state index contributed by atoms with van der Waals surface area (Å²) in [5.74, 6) is 0. The molecule has 25 heavy (non-hydrogen) atoms. The van der Waals surface area contributed by atoms with Gasteiger partial charge in [-0.2, -0.15) is 0 Å². The molecule has 5 nitrogen and oxygen atoms in total. The smallest absolute Gasteiger partial charge is 0.318 e. The number of carbonyl (C=O) groups is 1. The number of carbonyl (C=O) groups excluding carboxylic acids is 1. The Balaban J connectivity index is 1.71. The monoisotopic (exact) mass is 339 g/mol. The number of aryl methyl sites for hydroxylation is 2. The molecule has 0 spiro atoms. The topological polar surface area (TPSA) is 65.5 Å². The van der Waals surface area contributed by atoms with Gasteiger partial charge >= 0.3 is 6.03 Å². The highest BCUT2D eigenvalue weighted by molar-refractivity contribution is 5.75. The van der Waals surface area contributed by atoms with Crippen LogP contribution in [0.1, 0.15) is 41.4 Å². The lowest BCUT2D eigenvalue weighted by Gasteiger charge is -2.30. The van der Waals surface area contributed by atoms with E-state index in [9.17, 15) is 9.90 Å². The minimum absolute atomic E-state index is 0.0771. The molecule has 1 aromatic carbocycles. The lowest BCUT2D eigenvalue weighted by molar-refractivity contribution is 0.164. The molecule has 1 aliphatic carbocycles. The molecule has 2 aromatic rings. The predicted molar refractivity (Wildman–Crippen MR) is 97.1 cm³/mol. The van der Waals surface area contributed by atoms with E-state index in [1.165, 1.54) is 11.1 Å². The van der Waals surface area contributed by atoms with Crippen molar-refractivity contribution in [2.45, 2.75) is 38.8 Å². The molecule has 1 aromatic heterocycles. The average Bonchev–Trinajstić information content (AvgIpc) is 3.04. The number of aliphatic hydroxyl groups is 1. The van der Waals surface area contributed by atoms with Gasteiger partial charge in [0.05, 0.1) is 18.3 Å². The largest absolute Gasteiger partial charge is 0.396 e. The van der Waals surface area contributed by atoms with Crippen molar-refractivity contribution in [3.63, 3.8) is 0 Å². The molecule has 2 amide bonds. The highest BCUT2D eigenvalue weighted by atomic mass is 16.3. The van der Waals surface area contributed by atoms with Crippen LogP contribution in [-0.2, 0) is 13.0 Å². The van der Waals surface area contributed by atoms with E-state index in [0.717, 1.165) is 24.2 Å². The molecule has 0 fully saturated rings. The van der Waals surface area contributed by atoms with E-state index in [2.05, 4.69) is 22.4 Å². The SMILES string of the molecule is Cc1cccc(CNC(=O)N(CCCO)[C@@H]2CCc3ccccc32)n1. The van der Waals surface area contributed by atoms with Gasteiger partial charge in [0, 0.05) is 18.8 Å². The van der Waals surface area contributed by atoms with E-state index in [-0.39, 0.29) is 18.7 Å². The molecule has 0 aliphatic heterocycles. The second-order valence-corrected chi connectivity index (χ2v) is 6.45. The number of amides is 2. The third-order valence-corrected chi connectivity index (χ3v) is 4.66. The Morgan fingerprint density at radius 3 is 2.92 bits per heavy atom. The number of nitrogens with zero attached hydrogens (tertiary/aromatic N) is 2. The molecule has 2 N–H and O–H groups in total. The second-order valence-electron chi connectivity index (χ2n) is 6.45. The van der Waals surface area contributed by atoms with Gasteiger partial charge in [0.2, 0.25) is 0 Å². The summed E-state index contributed by atoms with van der Waals surface area (Å²) in [7, 11) is 0. The van der Waals surface area contributed by atoms with Gasteiger partial charge in [0.15, 0.2) is 0 Å². The number of aliphatic hydroxyl groups excluding tert-OH is 1. The van der Waals surface area contributed by atoms with E-state index in [0.29, 0.717) is 19.5 Å². The summed E-state index contributed by atoms with van der Waals surface area (Å²) in [6.07, 6.45) is 2.50. The minimum atomic E-state index is -0.0986. The first-order valence-corrected chi connectivity index (χ1v) is 8.84. The highest BCUT2D eigenvalue weighted by Gasteiger charge is 2.30. The van der Waals surface area contributed by atoms with Gasteiger partial charge < -0.3 is 15.3 Å². The average molecular weight is 339 g/mol. The molecule has 132 valence electrons. The number of fused-ring (bicyclic) bond motifs is 1. The van der Waals surface area contributed by atoms with Gasteiger partial charge in [-0.05, 0) is 49.4 Å². The lowest BCUT2D eigenvalue weighted by atomic mass is 10.1. The number of hydrogen-bond donors (Lipinski definition) is 2. The fourth-order valence-corrected chi connectivity index (χ4v) is 3.46. The Hall–Kier alpha value is -2.40. The van der Waals surface area contributed by atoms with E-state index in [4.69, 9.17) is 0 Å². The molecule has 1 atom stereocenters. The zero-order valence-corrected chi connectivity index (χ0v) is 14.6. The maximum absolute atomic E-state index is 12.8. The van der Waals surface area contributed by atoms with Gasteiger partial charge in [0.25, 0.3) is 0 Å². The normalized spacial score (nSPS) is 15.7. The van der Waals surface area contributed by atoms with Crippen molar-refractivity contribution in [3.05, 3.63) is 65.0 Å². The number of nitrogens with one attached hydrogen (secondary N) is 1.